The number of ether oxygens (including phenoxy) is 1. The van der Waals surface area contributed by atoms with Crippen LogP contribution in [0.25, 0.3) is 11.1 Å². The van der Waals surface area contributed by atoms with Crippen LogP contribution in [0, 0.1) is 0 Å². The Morgan fingerprint density at radius 3 is 2.65 bits per heavy atom. The molecule has 5 nitrogen and oxygen atoms in total. The van der Waals surface area contributed by atoms with E-state index in [1.165, 1.54) is 15.6 Å². The summed E-state index contributed by atoms with van der Waals surface area (Å²) < 4.78 is 33.3. The second kappa shape index (κ2) is 7.19. The summed E-state index contributed by atoms with van der Waals surface area (Å²) in [4.78, 5) is 4.41. The average molecular weight is 386 g/mol. The molecule has 1 aliphatic rings. The van der Waals surface area contributed by atoms with Gasteiger partial charge >= 0.3 is 0 Å². The van der Waals surface area contributed by atoms with Crippen LogP contribution in [-0.2, 0) is 10.0 Å². The first-order valence-electron chi connectivity index (χ1n) is 8.35. The van der Waals surface area contributed by atoms with Crippen LogP contribution in [0.3, 0.4) is 0 Å². The summed E-state index contributed by atoms with van der Waals surface area (Å²) in [6.45, 7) is 0.797. The maximum absolute atomic E-state index is 13.0. The Balaban J connectivity index is 1.54. The Morgan fingerprint density at radius 2 is 1.88 bits per heavy atom. The van der Waals surface area contributed by atoms with Gasteiger partial charge in [-0.05, 0) is 29.7 Å². The third-order valence-corrected chi connectivity index (χ3v) is 6.89. The van der Waals surface area contributed by atoms with Crippen molar-refractivity contribution >= 4 is 21.4 Å². The van der Waals surface area contributed by atoms with Crippen LogP contribution in [0.15, 0.2) is 71.1 Å². The molecule has 7 heteroatoms. The molecule has 0 radical (unpaired) electrons. The van der Waals surface area contributed by atoms with Crippen molar-refractivity contribution in [1.82, 2.24) is 9.29 Å². The van der Waals surface area contributed by atoms with E-state index in [2.05, 4.69) is 4.98 Å². The molecule has 26 heavy (non-hydrogen) atoms. The first-order chi connectivity index (χ1) is 12.6. The van der Waals surface area contributed by atoms with E-state index in [-0.39, 0.29) is 6.10 Å². The first kappa shape index (κ1) is 17.2. The molecule has 3 aromatic rings. The monoisotopic (exact) mass is 386 g/mol. The molecule has 0 spiro atoms. The zero-order valence-corrected chi connectivity index (χ0v) is 15.6. The predicted molar refractivity (Wildman–Crippen MR) is 102 cm³/mol. The summed E-state index contributed by atoms with van der Waals surface area (Å²) in [6.07, 6.45) is 2.18. The second-order valence-electron chi connectivity index (χ2n) is 6.08. The van der Waals surface area contributed by atoms with Crippen LogP contribution in [0.2, 0.25) is 0 Å². The van der Waals surface area contributed by atoms with Gasteiger partial charge in [-0.15, -0.1) is 0 Å². The number of benzene rings is 2. The highest BCUT2D eigenvalue weighted by atomic mass is 32.2. The first-order valence-corrected chi connectivity index (χ1v) is 10.7. The lowest BCUT2D eigenvalue weighted by Crippen LogP contribution is -2.31. The zero-order chi connectivity index (χ0) is 18.0. The fourth-order valence-corrected chi connectivity index (χ4v) is 5.12. The van der Waals surface area contributed by atoms with Crippen LogP contribution in [0.1, 0.15) is 6.42 Å². The molecule has 0 amide bonds. The molecule has 1 aromatic heterocycles. The molecular formula is C19H18N2O3S2. The van der Waals surface area contributed by atoms with Crippen LogP contribution in [0.5, 0.6) is 5.19 Å². The van der Waals surface area contributed by atoms with Crippen molar-refractivity contribution in [3.63, 3.8) is 0 Å². The minimum atomic E-state index is -3.54. The van der Waals surface area contributed by atoms with E-state index in [1.807, 2.05) is 41.8 Å². The molecule has 1 saturated heterocycles. The van der Waals surface area contributed by atoms with Crippen molar-refractivity contribution in [2.45, 2.75) is 17.4 Å². The highest BCUT2D eigenvalue weighted by Gasteiger charge is 2.34. The van der Waals surface area contributed by atoms with Gasteiger partial charge in [0.05, 0.1) is 11.4 Å². The quantitative estimate of drug-likeness (QED) is 0.672. The Bertz CT molecular complexity index is 973. The van der Waals surface area contributed by atoms with E-state index in [4.69, 9.17) is 4.74 Å². The maximum Gasteiger partial charge on any atom is 0.273 e. The van der Waals surface area contributed by atoms with Crippen molar-refractivity contribution < 1.29 is 13.2 Å². The topological polar surface area (TPSA) is 59.5 Å². The van der Waals surface area contributed by atoms with E-state index in [1.54, 1.807) is 24.4 Å². The third kappa shape index (κ3) is 3.51. The maximum atomic E-state index is 13.0. The smallest absolute Gasteiger partial charge is 0.273 e. The van der Waals surface area contributed by atoms with E-state index >= 15 is 0 Å². The number of aromatic nitrogens is 1. The van der Waals surface area contributed by atoms with Crippen molar-refractivity contribution in [3.8, 4) is 16.3 Å². The minimum Gasteiger partial charge on any atom is -0.465 e. The fraction of sp³-hybridized carbons (Fsp3) is 0.211. The van der Waals surface area contributed by atoms with Gasteiger partial charge in [-0.3, -0.25) is 0 Å². The SMILES string of the molecule is O=S(=O)(c1cccc(-c2ccccc2)c1)N1CCC(Oc2nccs2)C1. The molecule has 0 saturated carbocycles. The highest BCUT2D eigenvalue weighted by molar-refractivity contribution is 7.89. The highest BCUT2D eigenvalue weighted by Crippen LogP contribution is 2.27. The summed E-state index contributed by atoms with van der Waals surface area (Å²) in [6, 6.07) is 16.9. The van der Waals surface area contributed by atoms with Gasteiger partial charge in [0.25, 0.3) is 5.19 Å². The summed E-state index contributed by atoms with van der Waals surface area (Å²) in [5, 5.41) is 2.42. The van der Waals surface area contributed by atoms with Crippen molar-refractivity contribution in [1.29, 1.82) is 0 Å². The lowest BCUT2D eigenvalue weighted by Gasteiger charge is -2.17. The molecule has 2 aromatic carbocycles. The number of thiazole rings is 1. The van der Waals surface area contributed by atoms with Gasteiger partial charge in [0.1, 0.15) is 6.10 Å². The average Bonchev–Trinajstić information content (AvgIpc) is 3.35. The minimum absolute atomic E-state index is 0.159. The summed E-state index contributed by atoms with van der Waals surface area (Å²) in [7, 11) is -3.54. The molecule has 2 heterocycles. The van der Waals surface area contributed by atoms with Gasteiger partial charge in [0, 0.05) is 18.1 Å². The number of hydrogen-bond acceptors (Lipinski definition) is 5. The number of nitrogens with zero attached hydrogens (tertiary/aromatic N) is 2. The molecule has 1 atom stereocenters. The third-order valence-electron chi connectivity index (χ3n) is 4.36. The van der Waals surface area contributed by atoms with Crippen LogP contribution in [0.4, 0.5) is 0 Å². The van der Waals surface area contributed by atoms with Crippen molar-refractivity contribution in [3.05, 3.63) is 66.2 Å². The Kier molecular flexibility index (Phi) is 4.76. The van der Waals surface area contributed by atoms with Crippen LogP contribution < -0.4 is 4.74 Å². The van der Waals surface area contributed by atoms with Gasteiger partial charge in [0.2, 0.25) is 10.0 Å². The second-order valence-corrected chi connectivity index (χ2v) is 8.88. The lowest BCUT2D eigenvalue weighted by molar-refractivity contribution is 0.214. The summed E-state index contributed by atoms with van der Waals surface area (Å²) in [5.74, 6) is 0. The molecule has 0 bridgehead atoms. The number of hydrogen-bond donors (Lipinski definition) is 0. The summed E-state index contributed by atoms with van der Waals surface area (Å²) in [5.41, 5.74) is 1.89. The molecule has 1 fully saturated rings. The van der Waals surface area contributed by atoms with Gasteiger partial charge in [-0.2, -0.15) is 4.31 Å². The Labute approximate surface area is 156 Å². The molecular weight excluding hydrogens is 368 g/mol. The summed E-state index contributed by atoms with van der Waals surface area (Å²) >= 11 is 1.41. The van der Waals surface area contributed by atoms with Gasteiger partial charge in [-0.25, -0.2) is 13.4 Å². The van der Waals surface area contributed by atoms with Crippen LogP contribution >= 0.6 is 11.3 Å². The number of sulfonamides is 1. The molecule has 1 unspecified atom stereocenters. The van der Waals surface area contributed by atoms with Crippen molar-refractivity contribution in [2.75, 3.05) is 13.1 Å². The standard InChI is InChI=1S/C19H18N2O3S2/c22-26(23,21-11-9-17(14-21)24-19-20-10-12-25-19)18-8-4-7-16(13-18)15-5-2-1-3-6-15/h1-8,10,12-13,17H,9,11,14H2. The normalized spacial score (nSPS) is 18.1. The fourth-order valence-electron chi connectivity index (χ4n) is 3.04. The molecule has 4 rings (SSSR count). The van der Waals surface area contributed by atoms with E-state index in [0.717, 1.165) is 11.1 Å². The lowest BCUT2D eigenvalue weighted by atomic mass is 10.1. The molecule has 0 aliphatic carbocycles. The largest absolute Gasteiger partial charge is 0.465 e. The van der Waals surface area contributed by atoms with Crippen LogP contribution in [-0.4, -0.2) is 36.9 Å². The molecule has 1 aliphatic heterocycles. The van der Waals surface area contributed by atoms with E-state index in [9.17, 15) is 8.42 Å². The van der Waals surface area contributed by atoms with Gasteiger partial charge in [-0.1, -0.05) is 53.8 Å². The Hall–Kier alpha value is -2.22. The molecule has 0 N–H and O–H groups in total. The van der Waals surface area contributed by atoms with Gasteiger partial charge < -0.3 is 4.74 Å². The number of rotatable bonds is 5. The van der Waals surface area contributed by atoms with E-state index in [0.29, 0.717) is 29.6 Å². The zero-order valence-electron chi connectivity index (χ0n) is 14.0. The predicted octanol–water partition coefficient (Wildman–Crippen LogP) is 3.65. The van der Waals surface area contributed by atoms with E-state index < -0.39 is 10.0 Å². The van der Waals surface area contributed by atoms with Gasteiger partial charge in [0.15, 0.2) is 0 Å². The van der Waals surface area contributed by atoms with Crippen molar-refractivity contribution in [2.24, 2.45) is 0 Å². The Morgan fingerprint density at radius 1 is 1.08 bits per heavy atom. The molecule has 134 valence electrons.